The molecule has 1 aromatic heterocycles. The Bertz CT molecular complexity index is 597. The number of hydrogen-bond acceptors (Lipinski definition) is 4. The molecule has 2 aromatic rings. The van der Waals surface area contributed by atoms with Crippen LogP contribution in [-0.2, 0) is 9.47 Å². The summed E-state index contributed by atoms with van der Waals surface area (Å²) in [5, 5.41) is 12.0. The molecule has 1 saturated heterocycles. The van der Waals surface area contributed by atoms with Crippen LogP contribution in [0.25, 0.3) is 10.9 Å². The zero-order valence-electron chi connectivity index (χ0n) is 12.3. The Morgan fingerprint density at radius 1 is 1.29 bits per heavy atom. The quantitative estimate of drug-likeness (QED) is 0.939. The van der Waals surface area contributed by atoms with Gasteiger partial charge in [0, 0.05) is 44.2 Å². The van der Waals surface area contributed by atoms with Crippen LogP contribution in [0.2, 0.25) is 0 Å². The first kappa shape index (κ1) is 14.4. The zero-order chi connectivity index (χ0) is 14.7. The molecule has 0 bridgehead atoms. The number of fused-ring (bicyclic) bond motifs is 1. The van der Waals surface area contributed by atoms with E-state index >= 15 is 0 Å². The zero-order valence-corrected chi connectivity index (χ0v) is 12.3. The Labute approximate surface area is 124 Å². The minimum atomic E-state index is -0.672. The van der Waals surface area contributed by atoms with Gasteiger partial charge in [-0.15, -0.1) is 0 Å². The van der Waals surface area contributed by atoms with Gasteiger partial charge in [-0.1, -0.05) is 18.2 Å². The molecule has 4 nitrogen and oxygen atoms in total. The van der Waals surface area contributed by atoms with Crippen molar-refractivity contribution in [3.8, 4) is 0 Å². The van der Waals surface area contributed by atoms with Crippen molar-refractivity contribution < 1.29 is 14.6 Å². The molecule has 1 aromatic carbocycles. The molecule has 1 N–H and O–H groups in total. The van der Waals surface area contributed by atoms with Gasteiger partial charge in [0.2, 0.25) is 0 Å². The van der Waals surface area contributed by atoms with Gasteiger partial charge in [-0.2, -0.15) is 0 Å². The molecule has 1 fully saturated rings. The first-order chi connectivity index (χ1) is 10.3. The fraction of sp³-hybridized carbons (Fsp3) is 0.471. The summed E-state index contributed by atoms with van der Waals surface area (Å²) in [6, 6.07) is 9.76. The highest BCUT2D eigenvalue weighted by atomic mass is 16.5. The number of aromatic nitrogens is 1. The van der Waals surface area contributed by atoms with Crippen molar-refractivity contribution in [1.82, 2.24) is 4.98 Å². The van der Waals surface area contributed by atoms with E-state index in [-0.39, 0.29) is 0 Å². The van der Waals surface area contributed by atoms with Crippen LogP contribution in [-0.4, -0.2) is 35.5 Å². The van der Waals surface area contributed by atoms with Gasteiger partial charge in [-0.3, -0.25) is 4.98 Å². The molecule has 1 aliphatic rings. The molecule has 21 heavy (non-hydrogen) atoms. The molecule has 0 radical (unpaired) electrons. The van der Waals surface area contributed by atoms with Crippen LogP contribution in [0.15, 0.2) is 36.5 Å². The van der Waals surface area contributed by atoms with Crippen molar-refractivity contribution in [2.75, 3.05) is 19.8 Å². The van der Waals surface area contributed by atoms with Gasteiger partial charge in [0.1, 0.15) is 11.7 Å². The molecular weight excluding hydrogens is 266 g/mol. The molecule has 1 unspecified atom stereocenters. The number of pyridine rings is 1. The summed E-state index contributed by atoms with van der Waals surface area (Å²) >= 11 is 0. The van der Waals surface area contributed by atoms with Crippen LogP contribution in [0.4, 0.5) is 0 Å². The Kier molecular flexibility index (Phi) is 4.19. The predicted molar refractivity (Wildman–Crippen MR) is 81.1 cm³/mol. The first-order valence-electron chi connectivity index (χ1n) is 7.50. The Balaban J connectivity index is 2.03. The molecule has 112 valence electrons. The highest BCUT2D eigenvalue weighted by Gasteiger charge is 2.41. The number of aliphatic hydroxyl groups is 1. The highest BCUT2D eigenvalue weighted by molar-refractivity contribution is 5.82. The lowest BCUT2D eigenvalue weighted by molar-refractivity contribution is -0.167. The molecule has 3 rings (SSSR count). The molecule has 4 heteroatoms. The second-order valence-corrected chi connectivity index (χ2v) is 5.43. The summed E-state index contributed by atoms with van der Waals surface area (Å²) in [5.74, 6) is 0. The van der Waals surface area contributed by atoms with E-state index in [0.717, 1.165) is 16.5 Å². The van der Waals surface area contributed by atoms with Crippen LogP contribution in [0.3, 0.4) is 0 Å². The van der Waals surface area contributed by atoms with Crippen LogP contribution in [0.5, 0.6) is 0 Å². The monoisotopic (exact) mass is 287 g/mol. The van der Waals surface area contributed by atoms with E-state index in [1.807, 2.05) is 37.3 Å². The second kappa shape index (κ2) is 6.10. The third-order valence-electron chi connectivity index (χ3n) is 4.24. The lowest BCUT2D eigenvalue weighted by Gasteiger charge is -2.41. The van der Waals surface area contributed by atoms with Gasteiger partial charge in [-0.05, 0) is 24.6 Å². The normalized spacial score (nSPS) is 19.5. The summed E-state index contributed by atoms with van der Waals surface area (Å²) in [6.45, 7) is 3.80. The van der Waals surface area contributed by atoms with Crippen molar-refractivity contribution in [1.29, 1.82) is 0 Å². The van der Waals surface area contributed by atoms with Gasteiger partial charge < -0.3 is 14.6 Å². The molecular formula is C17H21NO3. The molecule has 2 heterocycles. The molecule has 0 amide bonds. The van der Waals surface area contributed by atoms with E-state index in [0.29, 0.717) is 32.7 Å². The largest absolute Gasteiger partial charge is 0.385 e. The van der Waals surface area contributed by atoms with Crippen molar-refractivity contribution in [2.24, 2.45) is 0 Å². The fourth-order valence-corrected chi connectivity index (χ4v) is 3.15. The van der Waals surface area contributed by atoms with E-state index in [9.17, 15) is 5.11 Å². The van der Waals surface area contributed by atoms with E-state index in [2.05, 4.69) is 4.98 Å². The van der Waals surface area contributed by atoms with Crippen molar-refractivity contribution >= 4 is 10.9 Å². The van der Waals surface area contributed by atoms with Crippen molar-refractivity contribution in [3.63, 3.8) is 0 Å². The second-order valence-electron chi connectivity index (χ2n) is 5.43. The average Bonchev–Trinajstić information content (AvgIpc) is 2.55. The molecule has 0 aliphatic carbocycles. The number of nitrogens with zero attached hydrogens (tertiary/aromatic N) is 1. The van der Waals surface area contributed by atoms with E-state index in [4.69, 9.17) is 9.47 Å². The van der Waals surface area contributed by atoms with Crippen LogP contribution < -0.4 is 0 Å². The smallest absolute Gasteiger partial charge is 0.109 e. The maximum Gasteiger partial charge on any atom is 0.109 e. The number of benzene rings is 1. The van der Waals surface area contributed by atoms with E-state index in [1.54, 1.807) is 6.20 Å². The van der Waals surface area contributed by atoms with Gasteiger partial charge in [0.15, 0.2) is 0 Å². The Morgan fingerprint density at radius 3 is 2.86 bits per heavy atom. The predicted octanol–water partition coefficient (Wildman–Crippen LogP) is 2.85. The van der Waals surface area contributed by atoms with Crippen LogP contribution in [0.1, 0.15) is 31.4 Å². The summed E-state index contributed by atoms with van der Waals surface area (Å²) in [7, 11) is 0. The summed E-state index contributed by atoms with van der Waals surface area (Å²) in [5.41, 5.74) is 1.22. The Hall–Kier alpha value is -1.49. The van der Waals surface area contributed by atoms with Gasteiger partial charge in [-0.25, -0.2) is 0 Å². The number of ether oxygens (including phenoxy) is 2. The van der Waals surface area contributed by atoms with Crippen LogP contribution >= 0.6 is 0 Å². The summed E-state index contributed by atoms with van der Waals surface area (Å²) in [4.78, 5) is 4.36. The summed E-state index contributed by atoms with van der Waals surface area (Å²) in [6.07, 6.45) is 2.51. The third-order valence-corrected chi connectivity index (χ3v) is 4.24. The highest BCUT2D eigenvalue weighted by Crippen LogP contribution is 2.39. The van der Waals surface area contributed by atoms with Crippen LogP contribution in [0, 0.1) is 0 Å². The maximum absolute atomic E-state index is 11.0. The third kappa shape index (κ3) is 2.67. The molecule has 0 spiro atoms. The average molecular weight is 287 g/mol. The standard InChI is InChI=1S/C17H21NO3/c1-2-21-17(8-11-20-12-9-17)16(19)14-5-3-7-15-13(14)6-4-10-18-15/h3-7,10,16,19H,2,8-9,11-12H2,1H3. The van der Waals surface area contributed by atoms with Crippen molar-refractivity contribution in [3.05, 3.63) is 42.1 Å². The Morgan fingerprint density at radius 2 is 2.10 bits per heavy atom. The van der Waals surface area contributed by atoms with Gasteiger partial charge in [0.25, 0.3) is 0 Å². The lowest BCUT2D eigenvalue weighted by Crippen LogP contribution is -2.44. The minimum absolute atomic E-state index is 0.558. The number of aliphatic hydroxyl groups excluding tert-OH is 1. The topological polar surface area (TPSA) is 51.6 Å². The number of rotatable bonds is 4. The van der Waals surface area contributed by atoms with Gasteiger partial charge >= 0.3 is 0 Å². The minimum Gasteiger partial charge on any atom is -0.385 e. The fourth-order valence-electron chi connectivity index (χ4n) is 3.15. The van der Waals surface area contributed by atoms with Gasteiger partial charge in [0.05, 0.1) is 5.52 Å². The SMILES string of the molecule is CCOC1(C(O)c2cccc3ncccc23)CCOCC1. The number of hydrogen-bond donors (Lipinski definition) is 1. The van der Waals surface area contributed by atoms with E-state index < -0.39 is 11.7 Å². The van der Waals surface area contributed by atoms with Crippen molar-refractivity contribution in [2.45, 2.75) is 31.5 Å². The molecule has 1 aliphatic heterocycles. The summed E-state index contributed by atoms with van der Waals surface area (Å²) < 4.78 is 11.4. The lowest BCUT2D eigenvalue weighted by atomic mass is 9.83. The first-order valence-corrected chi connectivity index (χ1v) is 7.50. The van der Waals surface area contributed by atoms with E-state index in [1.165, 1.54) is 0 Å². The molecule has 1 atom stereocenters. The maximum atomic E-state index is 11.0. The molecule has 0 saturated carbocycles.